The van der Waals surface area contributed by atoms with Crippen LogP contribution in [0.15, 0.2) is 48.5 Å². The van der Waals surface area contributed by atoms with E-state index in [0.717, 1.165) is 20.9 Å². The van der Waals surface area contributed by atoms with Gasteiger partial charge in [-0.2, -0.15) is 0 Å². The molecular formula is C19H18N4O2S. The maximum absolute atomic E-state index is 12.5. The van der Waals surface area contributed by atoms with Crippen LogP contribution in [0, 0.1) is 6.92 Å². The third kappa shape index (κ3) is 3.25. The lowest BCUT2D eigenvalue weighted by molar-refractivity contribution is -0.116. The number of nitrogens with zero attached hydrogens (tertiary/aromatic N) is 3. The lowest BCUT2D eigenvalue weighted by Gasteiger charge is -2.18. The third-order valence-corrected chi connectivity index (χ3v) is 5.23. The van der Waals surface area contributed by atoms with Crippen LogP contribution in [0.5, 0.6) is 0 Å². The highest BCUT2D eigenvalue weighted by atomic mass is 32.1. The molecule has 0 unspecified atom stereocenters. The first-order valence-corrected chi connectivity index (χ1v) is 9.20. The van der Waals surface area contributed by atoms with Crippen molar-refractivity contribution in [3.05, 3.63) is 53.5 Å². The number of nitrogens with one attached hydrogen (secondary N) is 1. The monoisotopic (exact) mass is 366 g/mol. The summed E-state index contributed by atoms with van der Waals surface area (Å²) in [4.78, 5) is 32.6. The molecular weight excluding hydrogens is 348 g/mol. The second-order valence-electron chi connectivity index (χ2n) is 6.15. The van der Waals surface area contributed by atoms with Crippen molar-refractivity contribution in [3.8, 4) is 0 Å². The second-order valence-corrected chi connectivity index (χ2v) is 7.39. The zero-order valence-corrected chi connectivity index (χ0v) is 15.1. The summed E-state index contributed by atoms with van der Waals surface area (Å²) in [5, 5.41) is 3.85. The molecule has 1 N–H and O–H groups in total. The van der Waals surface area contributed by atoms with E-state index in [1.165, 1.54) is 0 Å². The molecule has 0 radical (unpaired) electrons. The highest BCUT2D eigenvalue weighted by Gasteiger charge is 2.30. The minimum atomic E-state index is -0.209. The number of hydrogen-bond donors (Lipinski definition) is 1. The summed E-state index contributed by atoms with van der Waals surface area (Å²) >= 11 is 1.62. The Morgan fingerprint density at radius 2 is 2.00 bits per heavy atom. The molecule has 3 amide bonds. The van der Waals surface area contributed by atoms with E-state index < -0.39 is 0 Å². The fraction of sp³-hybridized carbons (Fsp3) is 0.211. The number of urea groups is 1. The summed E-state index contributed by atoms with van der Waals surface area (Å²) < 4.78 is 1.09. The Balaban J connectivity index is 1.40. The molecule has 1 fully saturated rings. The number of benzene rings is 2. The molecule has 1 aromatic heterocycles. The van der Waals surface area contributed by atoms with Crippen molar-refractivity contribution < 1.29 is 9.59 Å². The van der Waals surface area contributed by atoms with Crippen LogP contribution in [-0.4, -0.2) is 41.5 Å². The van der Waals surface area contributed by atoms with Gasteiger partial charge in [-0.15, -0.1) is 11.3 Å². The second kappa shape index (κ2) is 6.76. The van der Waals surface area contributed by atoms with E-state index in [-0.39, 0.29) is 18.5 Å². The molecule has 1 aliphatic rings. The number of aromatic nitrogens is 1. The highest BCUT2D eigenvalue weighted by Crippen LogP contribution is 2.24. The molecule has 26 heavy (non-hydrogen) atoms. The quantitative estimate of drug-likeness (QED) is 0.769. The number of fused-ring (bicyclic) bond motifs is 1. The van der Waals surface area contributed by atoms with Gasteiger partial charge >= 0.3 is 6.03 Å². The van der Waals surface area contributed by atoms with E-state index in [2.05, 4.69) is 10.3 Å². The number of amides is 3. The zero-order valence-electron chi connectivity index (χ0n) is 14.3. The van der Waals surface area contributed by atoms with Crippen LogP contribution in [0.3, 0.4) is 0 Å². The van der Waals surface area contributed by atoms with E-state index in [0.29, 0.717) is 18.8 Å². The van der Waals surface area contributed by atoms with Gasteiger partial charge < -0.3 is 10.2 Å². The largest absolute Gasteiger partial charge is 0.325 e. The Bertz CT molecular complexity index is 970. The Labute approximate surface area is 155 Å². The average Bonchev–Trinajstić information content (AvgIpc) is 3.17. The summed E-state index contributed by atoms with van der Waals surface area (Å²) in [5.41, 5.74) is 2.42. The number of para-hydroxylation sites is 1. The minimum Gasteiger partial charge on any atom is -0.324 e. The molecule has 2 aromatic carbocycles. The molecule has 0 bridgehead atoms. The number of aryl methyl sites for hydroxylation is 1. The molecule has 4 rings (SSSR count). The third-order valence-electron chi connectivity index (χ3n) is 4.28. The summed E-state index contributed by atoms with van der Waals surface area (Å²) in [6, 6.07) is 15.0. The maximum atomic E-state index is 12.5. The molecule has 7 heteroatoms. The van der Waals surface area contributed by atoms with E-state index in [4.69, 9.17) is 0 Å². The van der Waals surface area contributed by atoms with Crippen LogP contribution in [0.1, 0.15) is 5.01 Å². The van der Waals surface area contributed by atoms with Crippen molar-refractivity contribution in [1.82, 2.24) is 9.88 Å². The highest BCUT2D eigenvalue weighted by molar-refractivity contribution is 7.18. The molecule has 0 aliphatic carbocycles. The van der Waals surface area contributed by atoms with Crippen LogP contribution in [0.4, 0.5) is 16.2 Å². The zero-order chi connectivity index (χ0) is 18.1. The smallest absolute Gasteiger partial charge is 0.324 e. The molecule has 0 spiro atoms. The van der Waals surface area contributed by atoms with Gasteiger partial charge in [-0.1, -0.05) is 18.2 Å². The summed E-state index contributed by atoms with van der Waals surface area (Å²) in [5.74, 6) is -0.209. The van der Waals surface area contributed by atoms with E-state index in [1.807, 2.05) is 55.5 Å². The normalized spacial score (nSPS) is 14.3. The van der Waals surface area contributed by atoms with Crippen LogP contribution in [0.25, 0.3) is 10.2 Å². The van der Waals surface area contributed by atoms with Gasteiger partial charge in [0, 0.05) is 24.5 Å². The summed E-state index contributed by atoms with van der Waals surface area (Å²) in [6.45, 7) is 3.11. The van der Waals surface area contributed by atoms with Crippen molar-refractivity contribution in [1.29, 1.82) is 0 Å². The first kappa shape index (κ1) is 16.5. The van der Waals surface area contributed by atoms with E-state index >= 15 is 0 Å². The Morgan fingerprint density at radius 1 is 1.19 bits per heavy atom. The van der Waals surface area contributed by atoms with Gasteiger partial charge in [0.25, 0.3) is 0 Å². The fourth-order valence-corrected chi connectivity index (χ4v) is 3.88. The van der Waals surface area contributed by atoms with Gasteiger partial charge in [0.2, 0.25) is 5.91 Å². The SMILES string of the molecule is Cc1nc2cc(NC(=O)CN3CCN(c4ccccc4)C3=O)ccc2s1. The molecule has 1 aliphatic heterocycles. The molecule has 6 nitrogen and oxygen atoms in total. The predicted molar refractivity (Wildman–Crippen MR) is 104 cm³/mol. The Hall–Kier alpha value is -2.93. The first-order chi connectivity index (χ1) is 12.6. The van der Waals surface area contributed by atoms with Crippen LogP contribution in [0.2, 0.25) is 0 Å². The van der Waals surface area contributed by atoms with Gasteiger partial charge in [-0.3, -0.25) is 9.69 Å². The van der Waals surface area contributed by atoms with Gasteiger partial charge in [0.15, 0.2) is 0 Å². The van der Waals surface area contributed by atoms with Crippen molar-refractivity contribution >= 4 is 44.9 Å². The standard InChI is InChI=1S/C19H18N4O2S/c1-13-20-16-11-14(7-8-17(16)26-13)21-18(24)12-22-9-10-23(19(22)25)15-5-3-2-4-6-15/h2-8,11H,9-10,12H2,1H3,(H,21,24). The molecule has 3 aromatic rings. The number of carbonyl (C=O) groups excluding carboxylic acids is 2. The van der Waals surface area contributed by atoms with Crippen LogP contribution < -0.4 is 10.2 Å². The average molecular weight is 366 g/mol. The molecule has 132 valence electrons. The number of carbonyl (C=O) groups is 2. The maximum Gasteiger partial charge on any atom is 0.325 e. The predicted octanol–water partition coefficient (Wildman–Crippen LogP) is 3.49. The van der Waals surface area contributed by atoms with Gasteiger partial charge in [-0.25, -0.2) is 9.78 Å². The van der Waals surface area contributed by atoms with Crippen LogP contribution >= 0.6 is 11.3 Å². The Kier molecular flexibility index (Phi) is 4.30. The van der Waals surface area contributed by atoms with Gasteiger partial charge in [-0.05, 0) is 37.3 Å². The molecule has 1 saturated heterocycles. The topological polar surface area (TPSA) is 65.5 Å². The van der Waals surface area contributed by atoms with E-state index in [1.54, 1.807) is 21.1 Å². The number of hydrogen-bond acceptors (Lipinski definition) is 4. The van der Waals surface area contributed by atoms with Crippen LogP contribution in [-0.2, 0) is 4.79 Å². The first-order valence-electron chi connectivity index (χ1n) is 8.39. The summed E-state index contributed by atoms with van der Waals surface area (Å²) in [7, 11) is 0. The lowest BCUT2D eigenvalue weighted by atomic mass is 10.3. The summed E-state index contributed by atoms with van der Waals surface area (Å²) in [6.07, 6.45) is 0. The molecule has 0 saturated carbocycles. The minimum absolute atomic E-state index is 0.0380. The van der Waals surface area contributed by atoms with Crippen molar-refractivity contribution in [2.45, 2.75) is 6.92 Å². The van der Waals surface area contributed by atoms with Crippen molar-refractivity contribution in [2.24, 2.45) is 0 Å². The van der Waals surface area contributed by atoms with Crippen molar-refractivity contribution in [3.63, 3.8) is 0 Å². The number of anilines is 2. The fourth-order valence-electron chi connectivity index (χ4n) is 3.07. The van der Waals surface area contributed by atoms with Crippen molar-refractivity contribution in [2.75, 3.05) is 29.9 Å². The molecule has 0 atom stereocenters. The molecule has 2 heterocycles. The van der Waals surface area contributed by atoms with Gasteiger partial charge in [0.05, 0.1) is 15.2 Å². The Morgan fingerprint density at radius 3 is 2.81 bits per heavy atom. The number of rotatable bonds is 4. The van der Waals surface area contributed by atoms with Gasteiger partial charge in [0.1, 0.15) is 6.54 Å². The number of thiazole rings is 1. The van der Waals surface area contributed by atoms with E-state index in [9.17, 15) is 9.59 Å². The lowest BCUT2D eigenvalue weighted by Crippen LogP contribution is -2.37.